The lowest BCUT2D eigenvalue weighted by molar-refractivity contribution is 0.257. The first-order valence-electron chi connectivity index (χ1n) is 7.50. The Morgan fingerprint density at radius 2 is 2.37 bits per heavy atom. The largest absolute Gasteiger partial charge is 0.313 e. The Hall–Kier alpha value is -0.450. The summed E-state index contributed by atoms with van der Waals surface area (Å²) >= 11 is 1.76. The maximum absolute atomic E-state index is 4.56. The normalized spacial score (nSPS) is 21.8. The van der Waals surface area contributed by atoms with Crippen molar-refractivity contribution in [3.05, 3.63) is 16.1 Å². The van der Waals surface area contributed by atoms with E-state index < -0.39 is 0 Å². The van der Waals surface area contributed by atoms with Gasteiger partial charge in [0.1, 0.15) is 0 Å². The highest BCUT2D eigenvalue weighted by molar-refractivity contribution is 7.09. The van der Waals surface area contributed by atoms with Gasteiger partial charge in [0.05, 0.1) is 10.7 Å². The lowest BCUT2D eigenvalue weighted by Crippen LogP contribution is -2.39. The fraction of sp³-hybridized carbons (Fsp3) is 0.800. The molecule has 1 aromatic heterocycles. The zero-order valence-corrected chi connectivity index (χ0v) is 13.3. The van der Waals surface area contributed by atoms with Crippen molar-refractivity contribution in [1.29, 1.82) is 0 Å². The van der Waals surface area contributed by atoms with Gasteiger partial charge in [-0.3, -0.25) is 0 Å². The second-order valence-electron chi connectivity index (χ2n) is 6.04. The minimum absolute atomic E-state index is 0.666. The molecule has 0 spiro atoms. The van der Waals surface area contributed by atoms with E-state index in [4.69, 9.17) is 0 Å². The van der Waals surface area contributed by atoms with E-state index in [9.17, 15) is 0 Å². The Labute approximate surface area is 121 Å². The van der Waals surface area contributed by atoms with Crippen LogP contribution < -0.4 is 5.32 Å². The van der Waals surface area contributed by atoms with Crippen LogP contribution in [-0.4, -0.2) is 42.1 Å². The first-order chi connectivity index (χ1) is 9.13. The molecule has 0 radical (unpaired) electrons. The number of hydrogen-bond acceptors (Lipinski definition) is 4. The number of thiazole rings is 1. The molecule has 1 aliphatic rings. The number of hydrogen-bond donors (Lipinski definition) is 1. The fourth-order valence-electron chi connectivity index (χ4n) is 2.80. The second kappa shape index (κ2) is 7.36. The molecule has 1 unspecified atom stereocenters. The van der Waals surface area contributed by atoms with Crippen LogP contribution in [0.5, 0.6) is 0 Å². The predicted molar refractivity (Wildman–Crippen MR) is 82.9 cm³/mol. The lowest BCUT2D eigenvalue weighted by Gasteiger charge is -2.25. The molecule has 2 heterocycles. The third kappa shape index (κ3) is 5.21. The van der Waals surface area contributed by atoms with Gasteiger partial charge in [0.15, 0.2) is 0 Å². The van der Waals surface area contributed by atoms with Gasteiger partial charge < -0.3 is 10.2 Å². The third-order valence-electron chi connectivity index (χ3n) is 3.67. The minimum atomic E-state index is 0.666. The monoisotopic (exact) mass is 281 g/mol. The molecular weight excluding hydrogens is 254 g/mol. The topological polar surface area (TPSA) is 28.2 Å². The van der Waals surface area contributed by atoms with Gasteiger partial charge in [-0.15, -0.1) is 11.3 Å². The van der Waals surface area contributed by atoms with Crippen molar-refractivity contribution < 1.29 is 0 Å². The summed E-state index contributed by atoms with van der Waals surface area (Å²) in [6.07, 6.45) is 3.65. The maximum atomic E-state index is 4.56. The lowest BCUT2D eigenvalue weighted by atomic mass is 10.0. The average Bonchev–Trinajstić information content (AvgIpc) is 2.63. The molecule has 1 saturated heterocycles. The van der Waals surface area contributed by atoms with Gasteiger partial charge in [-0.1, -0.05) is 13.8 Å². The molecule has 4 heteroatoms. The van der Waals surface area contributed by atoms with Gasteiger partial charge in [0.25, 0.3) is 0 Å². The number of rotatable bonds is 5. The van der Waals surface area contributed by atoms with Crippen molar-refractivity contribution in [2.45, 2.75) is 46.1 Å². The molecular formula is C15H27N3S. The Morgan fingerprint density at radius 3 is 3.05 bits per heavy atom. The Bertz CT molecular complexity index is 375. The van der Waals surface area contributed by atoms with Crippen LogP contribution in [0.3, 0.4) is 0 Å². The zero-order chi connectivity index (χ0) is 13.7. The molecule has 1 aliphatic heterocycles. The number of aryl methyl sites for hydroxylation is 1. The first-order valence-corrected chi connectivity index (χ1v) is 8.38. The molecule has 108 valence electrons. The smallest absolute Gasteiger partial charge is 0.0897 e. The molecule has 1 fully saturated rings. The van der Waals surface area contributed by atoms with Crippen LogP contribution in [0.1, 0.15) is 37.4 Å². The SMILES string of the molecule is Cc1nc(CCN2CCCNC(CC(C)C)C2)cs1. The summed E-state index contributed by atoms with van der Waals surface area (Å²) in [6.45, 7) is 11.5. The van der Waals surface area contributed by atoms with Crippen LogP contribution >= 0.6 is 11.3 Å². The Kier molecular flexibility index (Phi) is 5.79. The van der Waals surface area contributed by atoms with Crippen LogP contribution in [0.2, 0.25) is 0 Å². The first kappa shape index (κ1) is 14.9. The van der Waals surface area contributed by atoms with E-state index in [-0.39, 0.29) is 0 Å². The van der Waals surface area contributed by atoms with Crippen molar-refractivity contribution in [1.82, 2.24) is 15.2 Å². The van der Waals surface area contributed by atoms with Gasteiger partial charge in [-0.2, -0.15) is 0 Å². The van der Waals surface area contributed by atoms with Crippen molar-refractivity contribution in [2.75, 3.05) is 26.2 Å². The molecule has 3 nitrogen and oxygen atoms in total. The standard InChI is InChI=1S/C15H27N3S/c1-12(2)9-15-10-18(7-4-6-16-15)8-5-14-11-19-13(3)17-14/h11-12,15-16H,4-10H2,1-3H3. The van der Waals surface area contributed by atoms with Crippen LogP contribution in [-0.2, 0) is 6.42 Å². The highest BCUT2D eigenvalue weighted by Gasteiger charge is 2.18. The Morgan fingerprint density at radius 1 is 1.53 bits per heavy atom. The molecule has 1 aromatic rings. The molecule has 1 N–H and O–H groups in total. The summed E-state index contributed by atoms with van der Waals surface area (Å²) in [5, 5.41) is 7.08. The van der Waals surface area contributed by atoms with Crippen LogP contribution in [0, 0.1) is 12.8 Å². The fourth-order valence-corrected chi connectivity index (χ4v) is 3.45. The van der Waals surface area contributed by atoms with Crippen LogP contribution in [0.4, 0.5) is 0 Å². The third-order valence-corrected chi connectivity index (χ3v) is 4.49. The summed E-state index contributed by atoms with van der Waals surface area (Å²) in [5.74, 6) is 0.777. The van der Waals surface area contributed by atoms with E-state index in [0.717, 1.165) is 18.9 Å². The molecule has 0 aliphatic carbocycles. The summed E-state index contributed by atoms with van der Waals surface area (Å²) in [7, 11) is 0. The molecule has 0 aromatic carbocycles. The minimum Gasteiger partial charge on any atom is -0.313 e. The number of nitrogens with one attached hydrogen (secondary N) is 1. The van der Waals surface area contributed by atoms with Crippen molar-refractivity contribution in [2.24, 2.45) is 5.92 Å². The van der Waals surface area contributed by atoms with Crippen LogP contribution in [0.15, 0.2) is 5.38 Å². The average molecular weight is 281 g/mol. The number of aromatic nitrogens is 1. The van der Waals surface area contributed by atoms with Gasteiger partial charge >= 0.3 is 0 Å². The highest BCUT2D eigenvalue weighted by atomic mass is 32.1. The molecule has 0 amide bonds. The van der Waals surface area contributed by atoms with Gasteiger partial charge in [0, 0.05) is 30.9 Å². The summed E-state index contributed by atoms with van der Waals surface area (Å²) in [5.41, 5.74) is 1.26. The van der Waals surface area contributed by atoms with Gasteiger partial charge in [-0.25, -0.2) is 4.98 Å². The molecule has 2 rings (SSSR count). The molecule has 0 saturated carbocycles. The second-order valence-corrected chi connectivity index (χ2v) is 7.10. The van der Waals surface area contributed by atoms with E-state index in [1.54, 1.807) is 11.3 Å². The molecule has 1 atom stereocenters. The highest BCUT2D eigenvalue weighted by Crippen LogP contribution is 2.12. The zero-order valence-electron chi connectivity index (χ0n) is 12.5. The van der Waals surface area contributed by atoms with Crippen LogP contribution in [0.25, 0.3) is 0 Å². The number of nitrogens with zero attached hydrogens (tertiary/aromatic N) is 2. The predicted octanol–water partition coefficient (Wildman–Crippen LogP) is 2.70. The van der Waals surface area contributed by atoms with E-state index in [1.807, 2.05) is 0 Å². The van der Waals surface area contributed by atoms with Gasteiger partial charge in [0.2, 0.25) is 0 Å². The van der Waals surface area contributed by atoms with Crippen molar-refractivity contribution >= 4 is 11.3 Å². The van der Waals surface area contributed by atoms with E-state index >= 15 is 0 Å². The summed E-state index contributed by atoms with van der Waals surface area (Å²) in [4.78, 5) is 7.17. The quantitative estimate of drug-likeness (QED) is 0.899. The van der Waals surface area contributed by atoms with Gasteiger partial charge in [-0.05, 0) is 38.8 Å². The molecule has 19 heavy (non-hydrogen) atoms. The maximum Gasteiger partial charge on any atom is 0.0897 e. The summed E-state index contributed by atoms with van der Waals surface area (Å²) < 4.78 is 0. The molecule has 0 bridgehead atoms. The van der Waals surface area contributed by atoms with E-state index in [1.165, 1.54) is 43.2 Å². The van der Waals surface area contributed by atoms with Crippen molar-refractivity contribution in [3.8, 4) is 0 Å². The Balaban J connectivity index is 1.81. The van der Waals surface area contributed by atoms with E-state index in [0.29, 0.717) is 6.04 Å². The summed E-state index contributed by atoms with van der Waals surface area (Å²) in [6, 6.07) is 0.666. The van der Waals surface area contributed by atoms with E-state index in [2.05, 4.69) is 41.4 Å². The van der Waals surface area contributed by atoms with Crippen molar-refractivity contribution in [3.63, 3.8) is 0 Å².